The van der Waals surface area contributed by atoms with Crippen molar-refractivity contribution in [1.29, 1.82) is 0 Å². The summed E-state index contributed by atoms with van der Waals surface area (Å²) in [5.74, 6) is -0.337. The third-order valence-electron chi connectivity index (χ3n) is 3.47. The van der Waals surface area contributed by atoms with Crippen molar-refractivity contribution in [3.63, 3.8) is 0 Å². The third-order valence-corrected chi connectivity index (χ3v) is 3.47. The normalized spacial score (nSPS) is 23.8. The number of rotatable bonds is 2. The van der Waals surface area contributed by atoms with Crippen molar-refractivity contribution in [3.8, 4) is 0 Å². The molecule has 0 spiro atoms. The second-order valence-corrected chi connectivity index (χ2v) is 5.05. The highest BCUT2D eigenvalue weighted by Crippen LogP contribution is 2.16. The van der Waals surface area contributed by atoms with Gasteiger partial charge in [0.2, 0.25) is 5.91 Å². The summed E-state index contributed by atoms with van der Waals surface area (Å²) in [6.07, 6.45) is 4.82. The number of carbonyl (C=O) groups is 1. The van der Waals surface area contributed by atoms with Gasteiger partial charge in [0.1, 0.15) is 5.82 Å². The van der Waals surface area contributed by atoms with E-state index in [0.29, 0.717) is 12.1 Å². The van der Waals surface area contributed by atoms with Gasteiger partial charge in [-0.15, -0.1) is 0 Å². The van der Waals surface area contributed by atoms with Crippen LogP contribution in [-0.4, -0.2) is 29.4 Å². The van der Waals surface area contributed by atoms with Crippen molar-refractivity contribution in [3.05, 3.63) is 41.7 Å². The van der Waals surface area contributed by atoms with E-state index in [0.717, 1.165) is 12.8 Å². The van der Waals surface area contributed by atoms with E-state index in [1.165, 1.54) is 18.2 Å². The van der Waals surface area contributed by atoms with E-state index in [1.54, 1.807) is 18.2 Å². The fourth-order valence-corrected chi connectivity index (χ4v) is 2.41. The second-order valence-electron chi connectivity index (χ2n) is 5.05. The predicted molar refractivity (Wildman–Crippen MR) is 73.8 cm³/mol. The molecule has 4 heteroatoms. The second kappa shape index (κ2) is 5.97. The van der Waals surface area contributed by atoms with E-state index in [9.17, 15) is 9.18 Å². The smallest absolute Gasteiger partial charge is 0.246 e. The first-order valence-corrected chi connectivity index (χ1v) is 6.56. The average Bonchev–Trinajstić information content (AvgIpc) is 2.36. The molecule has 3 nitrogen and oxygen atoms in total. The Balaban J connectivity index is 2.01. The molecule has 19 heavy (non-hydrogen) atoms. The first kappa shape index (κ1) is 13.7. The van der Waals surface area contributed by atoms with E-state index >= 15 is 0 Å². The number of nitrogens with two attached hydrogens (primary N) is 1. The highest BCUT2D eigenvalue weighted by Gasteiger charge is 2.25. The number of hydrogen-bond donors (Lipinski definition) is 1. The van der Waals surface area contributed by atoms with Crippen LogP contribution in [0.3, 0.4) is 0 Å². The molecule has 0 saturated carbocycles. The Bertz CT molecular complexity index is 487. The summed E-state index contributed by atoms with van der Waals surface area (Å²) in [7, 11) is 0. The summed E-state index contributed by atoms with van der Waals surface area (Å²) >= 11 is 0. The quantitative estimate of drug-likeness (QED) is 0.830. The minimum absolute atomic E-state index is 0.0383. The van der Waals surface area contributed by atoms with Gasteiger partial charge in [0.05, 0.1) is 0 Å². The molecule has 0 radical (unpaired) electrons. The Morgan fingerprint density at radius 1 is 1.53 bits per heavy atom. The van der Waals surface area contributed by atoms with Gasteiger partial charge in [-0.2, -0.15) is 0 Å². The zero-order valence-corrected chi connectivity index (χ0v) is 11.1. The molecule has 0 aliphatic carbocycles. The highest BCUT2D eigenvalue weighted by molar-refractivity contribution is 5.92. The number of piperidine rings is 1. The lowest BCUT2D eigenvalue weighted by Crippen LogP contribution is -2.47. The molecule has 2 unspecified atom stereocenters. The molecule has 1 fully saturated rings. The number of amides is 1. The van der Waals surface area contributed by atoms with Crippen molar-refractivity contribution >= 4 is 12.0 Å². The van der Waals surface area contributed by atoms with Crippen molar-refractivity contribution in [2.24, 2.45) is 5.73 Å². The Kier molecular flexibility index (Phi) is 4.32. The summed E-state index contributed by atoms with van der Waals surface area (Å²) in [5.41, 5.74) is 6.56. The van der Waals surface area contributed by atoms with Crippen molar-refractivity contribution < 1.29 is 9.18 Å². The summed E-state index contributed by atoms with van der Waals surface area (Å²) in [6, 6.07) is 6.52. The topological polar surface area (TPSA) is 46.3 Å². The molecule has 1 aliphatic rings. The van der Waals surface area contributed by atoms with E-state index in [4.69, 9.17) is 5.73 Å². The maximum atomic E-state index is 13.0. The Labute approximate surface area is 112 Å². The molecule has 1 aromatic carbocycles. The molecule has 1 aliphatic heterocycles. The lowest BCUT2D eigenvalue weighted by atomic mass is 9.99. The SMILES string of the molecule is CC1CC(N)CCN1C(=O)/C=C/c1cccc(F)c1. The molecule has 1 amide bonds. The van der Waals surface area contributed by atoms with Crippen LogP contribution in [-0.2, 0) is 4.79 Å². The lowest BCUT2D eigenvalue weighted by molar-refractivity contribution is -0.129. The van der Waals surface area contributed by atoms with Crippen LogP contribution in [0.25, 0.3) is 6.08 Å². The van der Waals surface area contributed by atoms with Gasteiger partial charge in [-0.05, 0) is 43.5 Å². The molecule has 2 atom stereocenters. The van der Waals surface area contributed by atoms with Gasteiger partial charge in [0.15, 0.2) is 0 Å². The van der Waals surface area contributed by atoms with E-state index in [2.05, 4.69) is 0 Å². The highest BCUT2D eigenvalue weighted by atomic mass is 19.1. The molecule has 2 rings (SSSR count). The number of nitrogens with zero attached hydrogens (tertiary/aromatic N) is 1. The van der Waals surface area contributed by atoms with Crippen LogP contribution in [0.2, 0.25) is 0 Å². The molecule has 2 N–H and O–H groups in total. The standard InChI is InChI=1S/C15H19FN2O/c1-11-9-14(17)7-8-18(11)15(19)6-5-12-3-2-4-13(16)10-12/h2-6,10-11,14H,7-9,17H2,1H3/b6-5+. The largest absolute Gasteiger partial charge is 0.336 e. The van der Waals surface area contributed by atoms with Gasteiger partial charge in [-0.25, -0.2) is 4.39 Å². The van der Waals surface area contributed by atoms with Gasteiger partial charge in [-0.3, -0.25) is 4.79 Å². The van der Waals surface area contributed by atoms with Crippen LogP contribution >= 0.6 is 0 Å². The molecule has 0 bridgehead atoms. The van der Waals surface area contributed by atoms with Gasteiger partial charge in [0.25, 0.3) is 0 Å². The van der Waals surface area contributed by atoms with Crippen molar-refractivity contribution in [2.45, 2.75) is 31.8 Å². The van der Waals surface area contributed by atoms with Gasteiger partial charge >= 0.3 is 0 Å². The zero-order chi connectivity index (χ0) is 13.8. The number of halogens is 1. The van der Waals surface area contributed by atoms with E-state index in [-0.39, 0.29) is 23.8 Å². The molecule has 1 saturated heterocycles. The molecular weight excluding hydrogens is 243 g/mol. The van der Waals surface area contributed by atoms with Crippen LogP contribution in [0.15, 0.2) is 30.3 Å². The van der Waals surface area contributed by atoms with Gasteiger partial charge in [0, 0.05) is 24.7 Å². The number of carbonyl (C=O) groups excluding carboxylic acids is 1. The monoisotopic (exact) mass is 262 g/mol. The Morgan fingerprint density at radius 2 is 2.32 bits per heavy atom. The molecular formula is C15H19FN2O. The van der Waals surface area contributed by atoms with Crippen molar-refractivity contribution in [1.82, 2.24) is 4.90 Å². The summed E-state index contributed by atoms with van der Waals surface area (Å²) in [5, 5.41) is 0. The molecule has 102 valence electrons. The van der Waals surface area contributed by atoms with Crippen molar-refractivity contribution in [2.75, 3.05) is 6.54 Å². The number of benzene rings is 1. The van der Waals surface area contributed by atoms with Gasteiger partial charge in [-0.1, -0.05) is 12.1 Å². The van der Waals surface area contributed by atoms with E-state index < -0.39 is 0 Å². The average molecular weight is 262 g/mol. The first-order chi connectivity index (χ1) is 9.06. The summed E-state index contributed by atoms with van der Waals surface area (Å²) in [4.78, 5) is 13.9. The summed E-state index contributed by atoms with van der Waals surface area (Å²) < 4.78 is 13.0. The number of likely N-dealkylation sites (tertiary alicyclic amines) is 1. The maximum absolute atomic E-state index is 13.0. The molecule has 0 aromatic heterocycles. The fraction of sp³-hybridized carbons (Fsp3) is 0.400. The Morgan fingerprint density at radius 3 is 3.00 bits per heavy atom. The zero-order valence-electron chi connectivity index (χ0n) is 11.1. The Hall–Kier alpha value is -1.68. The van der Waals surface area contributed by atoms with Crippen LogP contribution in [0, 0.1) is 5.82 Å². The summed E-state index contributed by atoms with van der Waals surface area (Å²) in [6.45, 7) is 2.70. The third kappa shape index (κ3) is 3.64. The molecule has 1 heterocycles. The van der Waals surface area contributed by atoms with Crippen LogP contribution in [0.4, 0.5) is 4.39 Å². The maximum Gasteiger partial charge on any atom is 0.246 e. The van der Waals surface area contributed by atoms with Crippen LogP contribution < -0.4 is 5.73 Å². The minimum Gasteiger partial charge on any atom is -0.336 e. The first-order valence-electron chi connectivity index (χ1n) is 6.56. The fourth-order valence-electron chi connectivity index (χ4n) is 2.41. The molecule has 1 aromatic rings. The number of hydrogen-bond acceptors (Lipinski definition) is 2. The van der Waals surface area contributed by atoms with Gasteiger partial charge < -0.3 is 10.6 Å². The lowest BCUT2D eigenvalue weighted by Gasteiger charge is -2.35. The minimum atomic E-state index is -0.299. The predicted octanol–water partition coefficient (Wildman–Crippen LogP) is 2.18. The van der Waals surface area contributed by atoms with Crippen LogP contribution in [0.5, 0.6) is 0 Å². The van der Waals surface area contributed by atoms with Crippen LogP contribution in [0.1, 0.15) is 25.3 Å². The van der Waals surface area contributed by atoms with E-state index in [1.807, 2.05) is 11.8 Å².